The van der Waals surface area contributed by atoms with E-state index in [9.17, 15) is 5.11 Å². The molecule has 0 aliphatic rings. The number of benzene rings is 1. The van der Waals surface area contributed by atoms with Gasteiger partial charge in [-0.1, -0.05) is 23.7 Å². The number of aliphatic hydroxyl groups excluding tert-OH is 1. The topological polar surface area (TPSA) is 33.1 Å². The third-order valence-corrected chi connectivity index (χ3v) is 3.29. The number of pyridine rings is 1. The first-order valence-corrected chi connectivity index (χ1v) is 5.82. The minimum absolute atomic E-state index is 0.670. The Morgan fingerprint density at radius 1 is 1.18 bits per heavy atom. The quantitative estimate of drug-likeness (QED) is 0.882. The largest absolute Gasteiger partial charge is 0.384 e. The fourth-order valence-corrected chi connectivity index (χ4v) is 1.91. The van der Waals surface area contributed by atoms with Crippen LogP contribution < -0.4 is 0 Å². The molecule has 0 aliphatic heterocycles. The third-order valence-electron chi connectivity index (χ3n) is 2.89. The molecule has 1 N–H and O–H groups in total. The predicted molar refractivity (Wildman–Crippen MR) is 69.2 cm³/mol. The number of hydrogen-bond acceptors (Lipinski definition) is 2. The van der Waals surface area contributed by atoms with Gasteiger partial charge in [0.2, 0.25) is 0 Å². The van der Waals surface area contributed by atoms with Crippen molar-refractivity contribution in [2.24, 2.45) is 0 Å². The monoisotopic (exact) mass is 247 g/mol. The standard InChI is InChI=1S/C14H14ClNO/c1-9-5-6-16-8-12(9)14(17)11-4-3-10(2)13(15)7-11/h3-8,14,17H,1-2H3. The second-order valence-electron chi connectivity index (χ2n) is 4.14. The summed E-state index contributed by atoms with van der Waals surface area (Å²) >= 11 is 6.06. The Bertz CT molecular complexity index is 539. The maximum absolute atomic E-state index is 10.3. The number of aryl methyl sites for hydroxylation is 2. The summed E-state index contributed by atoms with van der Waals surface area (Å²) in [6, 6.07) is 7.48. The van der Waals surface area contributed by atoms with Gasteiger partial charge in [-0.05, 0) is 42.7 Å². The second-order valence-corrected chi connectivity index (χ2v) is 4.55. The molecule has 0 radical (unpaired) electrons. The van der Waals surface area contributed by atoms with E-state index in [1.807, 2.05) is 32.0 Å². The highest BCUT2D eigenvalue weighted by Gasteiger charge is 2.13. The zero-order valence-corrected chi connectivity index (χ0v) is 10.6. The molecule has 0 aliphatic carbocycles. The van der Waals surface area contributed by atoms with Gasteiger partial charge in [0.05, 0.1) is 0 Å². The van der Waals surface area contributed by atoms with E-state index < -0.39 is 6.10 Å². The van der Waals surface area contributed by atoms with E-state index in [1.54, 1.807) is 18.5 Å². The van der Waals surface area contributed by atoms with Gasteiger partial charge in [0.25, 0.3) is 0 Å². The van der Waals surface area contributed by atoms with E-state index in [4.69, 9.17) is 11.6 Å². The molecule has 1 atom stereocenters. The molecule has 0 amide bonds. The van der Waals surface area contributed by atoms with Crippen molar-refractivity contribution in [3.05, 3.63) is 63.9 Å². The van der Waals surface area contributed by atoms with Gasteiger partial charge in [0.15, 0.2) is 0 Å². The molecule has 0 saturated heterocycles. The minimum atomic E-state index is -0.679. The van der Waals surface area contributed by atoms with Crippen LogP contribution in [0.4, 0.5) is 0 Å². The normalized spacial score (nSPS) is 12.5. The number of rotatable bonds is 2. The molecule has 3 heteroatoms. The first-order chi connectivity index (χ1) is 8.09. The lowest BCUT2D eigenvalue weighted by atomic mass is 9.99. The van der Waals surface area contributed by atoms with Gasteiger partial charge in [-0.15, -0.1) is 0 Å². The molecule has 1 aromatic carbocycles. The van der Waals surface area contributed by atoms with E-state index in [0.29, 0.717) is 5.02 Å². The van der Waals surface area contributed by atoms with Crippen molar-refractivity contribution < 1.29 is 5.11 Å². The van der Waals surface area contributed by atoms with E-state index >= 15 is 0 Å². The smallest absolute Gasteiger partial charge is 0.106 e. The average molecular weight is 248 g/mol. The number of halogens is 1. The Kier molecular flexibility index (Phi) is 3.46. The van der Waals surface area contributed by atoms with Gasteiger partial charge in [-0.2, -0.15) is 0 Å². The van der Waals surface area contributed by atoms with Gasteiger partial charge in [-0.25, -0.2) is 0 Å². The lowest BCUT2D eigenvalue weighted by Gasteiger charge is -2.14. The molecule has 17 heavy (non-hydrogen) atoms. The van der Waals surface area contributed by atoms with Crippen molar-refractivity contribution in [2.75, 3.05) is 0 Å². The highest BCUT2D eigenvalue weighted by atomic mass is 35.5. The number of aromatic nitrogens is 1. The summed E-state index contributed by atoms with van der Waals surface area (Å²) in [6.45, 7) is 3.89. The lowest BCUT2D eigenvalue weighted by molar-refractivity contribution is 0.219. The zero-order chi connectivity index (χ0) is 12.4. The number of aliphatic hydroxyl groups is 1. The molecule has 1 aromatic heterocycles. The van der Waals surface area contributed by atoms with Crippen LogP contribution in [-0.2, 0) is 0 Å². The first-order valence-electron chi connectivity index (χ1n) is 5.44. The van der Waals surface area contributed by atoms with Crippen LogP contribution in [0.5, 0.6) is 0 Å². The maximum atomic E-state index is 10.3. The summed E-state index contributed by atoms with van der Waals surface area (Å²) in [5.74, 6) is 0. The van der Waals surface area contributed by atoms with Gasteiger partial charge >= 0.3 is 0 Å². The van der Waals surface area contributed by atoms with Crippen molar-refractivity contribution in [3.8, 4) is 0 Å². The molecule has 1 unspecified atom stereocenters. The molecule has 88 valence electrons. The van der Waals surface area contributed by atoms with Crippen LogP contribution in [0.25, 0.3) is 0 Å². The molecule has 2 nitrogen and oxygen atoms in total. The van der Waals surface area contributed by atoms with Crippen LogP contribution in [0.2, 0.25) is 5.02 Å². The third kappa shape index (κ3) is 2.48. The Hall–Kier alpha value is -1.38. The highest BCUT2D eigenvalue weighted by Crippen LogP contribution is 2.27. The van der Waals surface area contributed by atoms with Crippen LogP contribution in [0.3, 0.4) is 0 Å². The highest BCUT2D eigenvalue weighted by molar-refractivity contribution is 6.31. The number of nitrogens with zero attached hydrogens (tertiary/aromatic N) is 1. The molecule has 1 heterocycles. The molecule has 2 rings (SSSR count). The molecule has 0 fully saturated rings. The summed E-state index contributed by atoms with van der Waals surface area (Å²) in [5.41, 5.74) is 3.62. The number of hydrogen-bond donors (Lipinski definition) is 1. The summed E-state index contributed by atoms with van der Waals surface area (Å²) in [6.07, 6.45) is 2.73. The summed E-state index contributed by atoms with van der Waals surface area (Å²) in [5, 5.41) is 11.0. The fourth-order valence-electron chi connectivity index (χ4n) is 1.72. The van der Waals surface area contributed by atoms with Crippen LogP contribution >= 0.6 is 11.6 Å². The maximum Gasteiger partial charge on any atom is 0.106 e. The zero-order valence-electron chi connectivity index (χ0n) is 9.81. The summed E-state index contributed by atoms with van der Waals surface area (Å²) in [4.78, 5) is 4.04. The minimum Gasteiger partial charge on any atom is -0.384 e. The van der Waals surface area contributed by atoms with E-state index in [2.05, 4.69) is 4.98 Å². The Morgan fingerprint density at radius 3 is 2.59 bits per heavy atom. The predicted octanol–water partition coefficient (Wildman–Crippen LogP) is 3.43. The van der Waals surface area contributed by atoms with Crippen molar-refractivity contribution in [1.82, 2.24) is 4.98 Å². The van der Waals surface area contributed by atoms with E-state index in [0.717, 1.165) is 22.3 Å². The molecule has 0 bridgehead atoms. The Labute approximate surface area is 106 Å². The van der Waals surface area contributed by atoms with Crippen molar-refractivity contribution >= 4 is 11.6 Å². The molecule has 0 saturated carbocycles. The van der Waals surface area contributed by atoms with Crippen LogP contribution in [0, 0.1) is 13.8 Å². The van der Waals surface area contributed by atoms with Crippen molar-refractivity contribution in [1.29, 1.82) is 0 Å². The fraction of sp³-hybridized carbons (Fsp3) is 0.214. The Balaban J connectivity index is 2.40. The van der Waals surface area contributed by atoms with Gasteiger partial charge < -0.3 is 5.11 Å². The van der Waals surface area contributed by atoms with Crippen LogP contribution in [0.1, 0.15) is 28.4 Å². The summed E-state index contributed by atoms with van der Waals surface area (Å²) < 4.78 is 0. The summed E-state index contributed by atoms with van der Waals surface area (Å²) in [7, 11) is 0. The average Bonchev–Trinajstić information content (AvgIpc) is 2.32. The Morgan fingerprint density at radius 2 is 1.94 bits per heavy atom. The van der Waals surface area contributed by atoms with Crippen molar-refractivity contribution in [2.45, 2.75) is 20.0 Å². The van der Waals surface area contributed by atoms with Gasteiger partial charge in [0.1, 0.15) is 6.10 Å². The lowest BCUT2D eigenvalue weighted by Crippen LogP contribution is -2.02. The van der Waals surface area contributed by atoms with Gasteiger partial charge in [0, 0.05) is 23.0 Å². The van der Waals surface area contributed by atoms with Crippen LogP contribution in [0.15, 0.2) is 36.7 Å². The van der Waals surface area contributed by atoms with Crippen molar-refractivity contribution in [3.63, 3.8) is 0 Å². The van der Waals surface area contributed by atoms with E-state index in [-0.39, 0.29) is 0 Å². The molecule has 2 aromatic rings. The van der Waals surface area contributed by atoms with E-state index in [1.165, 1.54) is 0 Å². The van der Waals surface area contributed by atoms with Gasteiger partial charge in [-0.3, -0.25) is 4.98 Å². The molecule has 0 spiro atoms. The van der Waals surface area contributed by atoms with Crippen LogP contribution in [-0.4, -0.2) is 10.1 Å². The molecular weight excluding hydrogens is 234 g/mol. The molecular formula is C14H14ClNO. The second kappa shape index (κ2) is 4.86. The SMILES string of the molecule is Cc1ccc(C(O)c2cnccc2C)cc1Cl. The first kappa shape index (κ1) is 12.1.